The molecule has 3 aromatic carbocycles. The summed E-state index contributed by atoms with van der Waals surface area (Å²) in [5, 5.41) is 0.666. The quantitative estimate of drug-likeness (QED) is 0.455. The first kappa shape index (κ1) is 14.9. The minimum absolute atomic E-state index is 0.666. The Morgan fingerprint density at radius 2 is 1.29 bits per heavy atom. The van der Waals surface area contributed by atoms with Crippen LogP contribution in [0.25, 0.3) is 33.5 Å². The lowest BCUT2D eigenvalue weighted by Crippen LogP contribution is -1.95. The van der Waals surface area contributed by atoms with Crippen LogP contribution in [-0.4, -0.2) is 9.97 Å². The van der Waals surface area contributed by atoms with Gasteiger partial charge < -0.3 is 0 Å². The Bertz CT molecular complexity index is 1010. The van der Waals surface area contributed by atoms with Gasteiger partial charge in [0.15, 0.2) is 0 Å². The SMILES string of the molecule is Cc1ccc(-c2nc3ccc(Cl)cc3nc2-c2ccccc2)cc1. The second-order valence-corrected chi connectivity index (χ2v) is 6.22. The van der Waals surface area contributed by atoms with E-state index in [1.807, 2.05) is 36.4 Å². The van der Waals surface area contributed by atoms with Crippen LogP contribution in [0.5, 0.6) is 0 Å². The largest absolute Gasteiger partial charge is 0.244 e. The maximum Gasteiger partial charge on any atom is 0.0973 e. The second-order valence-electron chi connectivity index (χ2n) is 5.79. The molecule has 0 saturated carbocycles. The summed E-state index contributed by atoms with van der Waals surface area (Å²) in [6.07, 6.45) is 0. The Labute approximate surface area is 145 Å². The standard InChI is InChI=1S/C21H15ClN2/c1-14-7-9-16(10-8-14)21-20(15-5-3-2-4-6-15)24-19-13-17(22)11-12-18(19)23-21/h2-13H,1H3. The number of nitrogens with zero attached hydrogens (tertiary/aromatic N) is 2. The molecule has 0 N–H and O–H groups in total. The van der Waals surface area contributed by atoms with E-state index in [1.165, 1.54) is 5.56 Å². The van der Waals surface area contributed by atoms with Gasteiger partial charge in [-0.2, -0.15) is 0 Å². The molecule has 0 unspecified atom stereocenters. The summed E-state index contributed by atoms with van der Waals surface area (Å²) in [5.74, 6) is 0. The third-order valence-electron chi connectivity index (χ3n) is 4.00. The lowest BCUT2D eigenvalue weighted by molar-refractivity contribution is 1.29. The van der Waals surface area contributed by atoms with Gasteiger partial charge in [0.25, 0.3) is 0 Å². The molecule has 0 aliphatic rings. The summed E-state index contributed by atoms with van der Waals surface area (Å²) < 4.78 is 0. The molecule has 0 spiro atoms. The summed E-state index contributed by atoms with van der Waals surface area (Å²) in [7, 11) is 0. The van der Waals surface area contributed by atoms with Gasteiger partial charge >= 0.3 is 0 Å². The van der Waals surface area contributed by atoms with E-state index in [-0.39, 0.29) is 0 Å². The van der Waals surface area contributed by atoms with Crippen molar-refractivity contribution in [1.29, 1.82) is 0 Å². The van der Waals surface area contributed by atoms with Gasteiger partial charge in [-0.05, 0) is 25.1 Å². The third-order valence-corrected chi connectivity index (χ3v) is 4.23. The molecule has 0 atom stereocenters. The molecule has 116 valence electrons. The van der Waals surface area contributed by atoms with E-state index in [4.69, 9.17) is 21.6 Å². The summed E-state index contributed by atoms with van der Waals surface area (Å²) >= 11 is 6.12. The molecule has 1 heterocycles. The van der Waals surface area contributed by atoms with Crippen molar-refractivity contribution in [2.45, 2.75) is 6.92 Å². The van der Waals surface area contributed by atoms with E-state index in [2.05, 4.69) is 43.3 Å². The second kappa shape index (κ2) is 6.06. The third kappa shape index (κ3) is 2.77. The fourth-order valence-electron chi connectivity index (χ4n) is 2.74. The van der Waals surface area contributed by atoms with Crippen LogP contribution in [0.2, 0.25) is 5.02 Å². The fourth-order valence-corrected chi connectivity index (χ4v) is 2.90. The van der Waals surface area contributed by atoms with Gasteiger partial charge in [-0.1, -0.05) is 71.8 Å². The van der Waals surface area contributed by atoms with Crippen LogP contribution in [-0.2, 0) is 0 Å². The van der Waals surface area contributed by atoms with E-state index < -0.39 is 0 Å². The molecule has 0 aliphatic carbocycles. The minimum Gasteiger partial charge on any atom is -0.244 e. The van der Waals surface area contributed by atoms with Gasteiger partial charge in [-0.25, -0.2) is 9.97 Å². The van der Waals surface area contributed by atoms with Crippen molar-refractivity contribution < 1.29 is 0 Å². The van der Waals surface area contributed by atoms with E-state index in [9.17, 15) is 0 Å². The first-order valence-corrected chi connectivity index (χ1v) is 8.18. The smallest absolute Gasteiger partial charge is 0.0973 e. The van der Waals surface area contributed by atoms with Gasteiger partial charge in [0.1, 0.15) is 0 Å². The number of halogens is 1. The Morgan fingerprint density at radius 3 is 2.00 bits per heavy atom. The van der Waals surface area contributed by atoms with Crippen molar-refractivity contribution in [3.63, 3.8) is 0 Å². The highest BCUT2D eigenvalue weighted by Crippen LogP contribution is 2.31. The summed E-state index contributed by atoms with van der Waals surface area (Å²) in [6, 6.07) is 24.1. The predicted molar refractivity (Wildman–Crippen MR) is 100 cm³/mol. The highest BCUT2D eigenvalue weighted by molar-refractivity contribution is 6.31. The maximum atomic E-state index is 6.12. The van der Waals surface area contributed by atoms with Crippen molar-refractivity contribution in [3.05, 3.63) is 83.4 Å². The summed E-state index contributed by atoms with van der Waals surface area (Å²) in [4.78, 5) is 9.73. The molecule has 3 heteroatoms. The molecule has 0 radical (unpaired) electrons. The first-order valence-electron chi connectivity index (χ1n) is 7.80. The molecule has 24 heavy (non-hydrogen) atoms. The van der Waals surface area contributed by atoms with E-state index in [0.717, 1.165) is 33.5 Å². The Balaban J connectivity index is 2.02. The number of fused-ring (bicyclic) bond motifs is 1. The fraction of sp³-hybridized carbons (Fsp3) is 0.0476. The van der Waals surface area contributed by atoms with E-state index in [0.29, 0.717) is 5.02 Å². The summed E-state index contributed by atoms with van der Waals surface area (Å²) in [6.45, 7) is 2.08. The molecule has 0 amide bonds. The lowest BCUT2D eigenvalue weighted by Gasteiger charge is -2.11. The average Bonchev–Trinajstić information content (AvgIpc) is 2.62. The van der Waals surface area contributed by atoms with Crippen LogP contribution in [0.1, 0.15) is 5.56 Å². The first-order chi connectivity index (χ1) is 11.7. The van der Waals surface area contributed by atoms with Crippen LogP contribution in [0, 0.1) is 6.92 Å². The van der Waals surface area contributed by atoms with Crippen molar-refractivity contribution in [3.8, 4) is 22.5 Å². The zero-order chi connectivity index (χ0) is 16.5. The van der Waals surface area contributed by atoms with Crippen molar-refractivity contribution in [2.75, 3.05) is 0 Å². The van der Waals surface area contributed by atoms with Crippen LogP contribution in [0.15, 0.2) is 72.8 Å². The van der Waals surface area contributed by atoms with Crippen molar-refractivity contribution >= 4 is 22.6 Å². The monoisotopic (exact) mass is 330 g/mol. The number of hydrogen-bond acceptors (Lipinski definition) is 2. The van der Waals surface area contributed by atoms with E-state index >= 15 is 0 Å². The molecule has 0 saturated heterocycles. The zero-order valence-corrected chi connectivity index (χ0v) is 14.0. The number of aryl methyl sites for hydroxylation is 1. The minimum atomic E-state index is 0.666. The molecule has 4 aromatic rings. The van der Waals surface area contributed by atoms with Crippen LogP contribution < -0.4 is 0 Å². The normalized spacial score (nSPS) is 10.9. The molecule has 0 fully saturated rings. The number of benzene rings is 3. The molecule has 4 rings (SSSR count). The average molecular weight is 331 g/mol. The molecule has 2 nitrogen and oxygen atoms in total. The Morgan fingerprint density at radius 1 is 0.667 bits per heavy atom. The number of rotatable bonds is 2. The van der Waals surface area contributed by atoms with Crippen LogP contribution >= 0.6 is 11.6 Å². The lowest BCUT2D eigenvalue weighted by atomic mass is 10.0. The molecular formula is C21H15ClN2. The molecule has 1 aromatic heterocycles. The van der Waals surface area contributed by atoms with Crippen molar-refractivity contribution in [1.82, 2.24) is 9.97 Å². The van der Waals surface area contributed by atoms with Crippen LogP contribution in [0.4, 0.5) is 0 Å². The molecular weight excluding hydrogens is 316 g/mol. The number of aromatic nitrogens is 2. The Kier molecular flexibility index (Phi) is 3.75. The summed E-state index contributed by atoms with van der Waals surface area (Å²) in [5.41, 5.74) is 6.73. The molecule has 0 bridgehead atoms. The maximum absolute atomic E-state index is 6.12. The van der Waals surface area contributed by atoms with Crippen molar-refractivity contribution in [2.24, 2.45) is 0 Å². The topological polar surface area (TPSA) is 25.8 Å². The van der Waals surface area contributed by atoms with Crippen LogP contribution in [0.3, 0.4) is 0 Å². The van der Waals surface area contributed by atoms with Gasteiger partial charge in [-0.3, -0.25) is 0 Å². The van der Waals surface area contributed by atoms with Gasteiger partial charge in [0, 0.05) is 16.1 Å². The Hall–Kier alpha value is -2.71. The van der Waals surface area contributed by atoms with Gasteiger partial charge in [0.2, 0.25) is 0 Å². The highest BCUT2D eigenvalue weighted by Gasteiger charge is 2.13. The van der Waals surface area contributed by atoms with Gasteiger partial charge in [0.05, 0.1) is 22.4 Å². The number of hydrogen-bond donors (Lipinski definition) is 0. The predicted octanol–water partition coefficient (Wildman–Crippen LogP) is 5.93. The zero-order valence-electron chi connectivity index (χ0n) is 13.2. The van der Waals surface area contributed by atoms with E-state index in [1.54, 1.807) is 0 Å². The van der Waals surface area contributed by atoms with Gasteiger partial charge in [-0.15, -0.1) is 0 Å². The molecule has 0 aliphatic heterocycles. The highest BCUT2D eigenvalue weighted by atomic mass is 35.5.